The lowest BCUT2D eigenvalue weighted by molar-refractivity contribution is -0.154. The minimum Gasteiger partial charge on any atom is -0.479 e. The fourth-order valence-electron chi connectivity index (χ4n) is 1.56. The molecule has 1 amide bonds. The molecule has 1 atom stereocenters. The van der Waals surface area contributed by atoms with E-state index in [1.165, 1.54) is 13.8 Å². The first-order chi connectivity index (χ1) is 7.31. The number of nitrogens with one attached hydrogen (secondary N) is 1. The first-order valence-electron chi connectivity index (χ1n) is 4.94. The number of ketones is 2. The topological polar surface area (TPSA) is 101 Å². The Bertz CT molecular complexity index is 373. The van der Waals surface area contributed by atoms with Gasteiger partial charge in [0.05, 0.1) is 0 Å². The molecule has 1 aliphatic heterocycles. The Morgan fingerprint density at radius 1 is 1.38 bits per heavy atom. The van der Waals surface area contributed by atoms with Gasteiger partial charge in [-0.05, 0) is 6.42 Å². The van der Waals surface area contributed by atoms with Gasteiger partial charge in [0.15, 0.2) is 0 Å². The number of carbonyl (C=O) groups is 4. The molecule has 0 aromatic rings. The van der Waals surface area contributed by atoms with Gasteiger partial charge in [-0.1, -0.05) is 13.8 Å². The molecule has 1 aliphatic rings. The lowest BCUT2D eigenvalue weighted by Crippen LogP contribution is -2.58. The highest BCUT2D eigenvalue weighted by molar-refractivity contribution is 6.45. The van der Waals surface area contributed by atoms with Crippen LogP contribution in [0.25, 0.3) is 0 Å². The van der Waals surface area contributed by atoms with Crippen LogP contribution in [-0.2, 0) is 19.2 Å². The molecule has 0 unspecified atom stereocenters. The van der Waals surface area contributed by atoms with Gasteiger partial charge < -0.3 is 10.4 Å². The summed E-state index contributed by atoms with van der Waals surface area (Å²) in [5.41, 5.74) is -2.04. The third kappa shape index (κ3) is 1.82. The van der Waals surface area contributed by atoms with Crippen LogP contribution in [0, 0.1) is 5.92 Å². The standard InChI is InChI=1S/C10H13NO5/c1-5(2)7(13)8(14)10(9(15)16)4-3-6(12)11-10/h5H,3-4H2,1-2H3,(H,11,12)(H,15,16)/t10-/m1/s1. The van der Waals surface area contributed by atoms with Crippen molar-refractivity contribution in [2.75, 3.05) is 0 Å². The summed E-state index contributed by atoms with van der Waals surface area (Å²) in [5, 5.41) is 11.1. The zero-order valence-corrected chi connectivity index (χ0v) is 9.07. The van der Waals surface area contributed by atoms with Crippen LogP contribution in [0.1, 0.15) is 26.7 Å². The fraction of sp³-hybridized carbons (Fsp3) is 0.600. The van der Waals surface area contributed by atoms with Crippen LogP contribution >= 0.6 is 0 Å². The highest BCUT2D eigenvalue weighted by Crippen LogP contribution is 2.23. The van der Waals surface area contributed by atoms with Crippen molar-refractivity contribution in [3.05, 3.63) is 0 Å². The minimum absolute atomic E-state index is 0.0522. The van der Waals surface area contributed by atoms with Crippen molar-refractivity contribution in [2.24, 2.45) is 5.92 Å². The first-order valence-corrected chi connectivity index (χ1v) is 4.94. The van der Waals surface area contributed by atoms with Crippen LogP contribution in [0.2, 0.25) is 0 Å². The second-order valence-corrected chi connectivity index (χ2v) is 4.11. The van der Waals surface area contributed by atoms with E-state index in [-0.39, 0.29) is 12.8 Å². The molecule has 1 rings (SSSR count). The zero-order chi connectivity index (χ0) is 12.5. The summed E-state index contributed by atoms with van der Waals surface area (Å²) in [7, 11) is 0. The van der Waals surface area contributed by atoms with Gasteiger partial charge in [0, 0.05) is 12.3 Å². The van der Waals surface area contributed by atoms with Crippen molar-refractivity contribution < 1.29 is 24.3 Å². The number of Topliss-reactive ketones (excluding diaryl/α,β-unsaturated/α-hetero) is 2. The van der Waals surface area contributed by atoms with E-state index in [0.717, 1.165) is 0 Å². The molecule has 0 saturated carbocycles. The van der Waals surface area contributed by atoms with Gasteiger partial charge in [0.2, 0.25) is 23.0 Å². The molecule has 0 aromatic heterocycles. The maximum atomic E-state index is 11.8. The maximum absolute atomic E-state index is 11.8. The molecule has 2 N–H and O–H groups in total. The summed E-state index contributed by atoms with van der Waals surface area (Å²) in [6.07, 6.45) is -0.220. The predicted octanol–water partition coefficient (Wildman–Crippen LogP) is -0.486. The number of hydrogen-bond acceptors (Lipinski definition) is 4. The van der Waals surface area contributed by atoms with Crippen molar-refractivity contribution in [3.8, 4) is 0 Å². The van der Waals surface area contributed by atoms with Crippen LogP contribution in [0.15, 0.2) is 0 Å². The quantitative estimate of drug-likeness (QED) is 0.498. The summed E-state index contributed by atoms with van der Waals surface area (Å²) < 4.78 is 0. The molecular formula is C10H13NO5. The maximum Gasteiger partial charge on any atom is 0.337 e. The van der Waals surface area contributed by atoms with E-state index in [9.17, 15) is 19.2 Å². The summed E-state index contributed by atoms with van der Waals surface area (Å²) in [4.78, 5) is 45.3. The summed E-state index contributed by atoms with van der Waals surface area (Å²) in [6.45, 7) is 3.01. The highest BCUT2D eigenvalue weighted by atomic mass is 16.4. The fourth-order valence-corrected chi connectivity index (χ4v) is 1.56. The Morgan fingerprint density at radius 3 is 2.25 bits per heavy atom. The number of hydrogen-bond donors (Lipinski definition) is 2. The second kappa shape index (κ2) is 4.03. The molecule has 0 aliphatic carbocycles. The Hall–Kier alpha value is -1.72. The molecule has 0 spiro atoms. The van der Waals surface area contributed by atoms with Gasteiger partial charge in [-0.15, -0.1) is 0 Å². The van der Waals surface area contributed by atoms with Crippen molar-refractivity contribution >= 4 is 23.4 Å². The number of carboxylic acids is 1. The van der Waals surface area contributed by atoms with Gasteiger partial charge in [0.25, 0.3) is 0 Å². The van der Waals surface area contributed by atoms with Crippen LogP contribution < -0.4 is 5.32 Å². The largest absolute Gasteiger partial charge is 0.479 e. The van der Waals surface area contributed by atoms with E-state index in [2.05, 4.69) is 5.32 Å². The summed E-state index contributed by atoms with van der Waals surface area (Å²) >= 11 is 0. The Balaban J connectivity index is 3.05. The normalized spacial score (nSPS) is 24.3. The Morgan fingerprint density at radius 2 is 1.94 bits per heavy atom. The molecule has 0 aromatic carbocycles. The highest BCUT2D eigenvalue weighted by Gasteiger charge is 2.53. The number of rotatable bonds is 4. The molecular weight excluding hydrogens is 214 g/mol. The lowest BCUT2D eigenvalue weighted by atomic mass is 9.86. The first kappa shape index (κ1) is 12.4. The molecule has 1 fully saturated rings. The smallest absolute Gasteiger partial charge is 0.337 e. The average molecular weight is 227 g/mol. The van der Waals surface area contributed by atoms with E-state index in [4.69, 9.17) is 5.11 Å². The second-order valence-electron chi connectivity index (χ2n) is 4.11. The average Bonchev–Trinajstić information content (AvgIpc) is 2.59. The van der Waals surface area contributed by atoms with Crippen molar-refractivity contribution in [1.82, 2.24) is 5.32 Å². The van der Waals surface area contributed by atoms with E-state index in [1.54, 1.807) is 0 Å². The molecule has 6 heteroatoms. The lowest BCUT2D eigenvalue weighted by Gasteiger charge is -2.22. The Kier molecular flexibility index (Phi) is 3.11. The van der Waals surface area contributed by atoms with Crippen molar-refractivity contribution in [1.29, 1.82) is 0 Å². The SMILES string of the molecule is CC(C)C(=O)C(=O)[C@@]1(C(=O)O)CCC(=O)N1. The minimum atomic E-state index is -2.04. The van der Waals surface area contributed by atoms with E-state index < -0.39 is 34.9 Å². The number of aliphatic carboxylic acids is 1. The van der Waals surface area contributed by atoms with Crippen LogP contribution in [0.3, 0.4) is 0 Å². The molecule has 1 heterocycles. The van der Waals surface area contributed by atoms with Gasteiger partial charge in [-0.25, -0.2) is 4.79 Å². The third-order valence-electron chi connectivity index (χ3n) is 2.58. The van der Waals surface area contributed by atoms with E-state index in [1.807, 2.05) is 0 Å². The third-order valence-corrected chi connectivity index (χ3v) is 2.58. The number of amides is 1. The molecule has 88 valence electrons. The van der Waals surface area contributed by atoms with Crippen LogP contribution in [0.5, 0.6) is 0 Å². The van der Waals surface area contributed by atoms with E-state index >= 15 is 0 Å². The van der Waals surface area contributed by atoms with Gasteiger partial charge in [-0.2, -0.15) is 0 Å². The van der Waals surface area contributed by atoms with Crippen molar-refractivity contribution in [2.45, 2.75) is 32.2 Å². The van der Waals surface area contributed by atoms with Gasteiger partial charge in [0.1, 0.15) is 0 Å². The molecule has 16 heavy (non-hydrogen) atoms. The summed E-state index contributed by atoms with van der Waals surface area (Å²) in [6, 6.07) is 0. The Labute approximate surface area is 92.0 Å². The monoisotopic (exact) mass is 227 g/mol. The van der Waals surface area contributed by atoms with Crippen molar-refractivity contribution in [3.63, 3.8) is 0 Å². The van der Waals surface area contributed by atoms with Crippen LogP contribution in [0.4, 0.5) is 0 Å². The van der Waals surface area contributed by atoms with E-state index in [0.29, 0.717) is 0 Å². The molecule has 0 bridgehead atoms. The molecule has 6 nitrogen and oxygen atoms in total. The molecule has 0 radical (unpaired) electrons. The number of carboxylic acid groups (broad SMARTS) is 1. The summed E-state index contributed by atoms with van der Waals surface area (Å²) in [5.74, 6) is -4.39. The van der Waals surface area contributed by atoms with Crippen LogP contribution in [-0.4, -0.2) is 34.1 Å². The number of carbonyl (C=O) groups excluding carboxylic acids is 3. The zero-order valence-electron chi connectivity index (χ0n) is 9.07. The van der Waals surface area contributed by atoms with Gasteiger partial charge in [-0.3, -0.25) is 14.4 Å². The molecule has 1 saturated heterocycles. The van der Waals surface area contributed by atoms with Gasteiger partial charge >= 0.3 is 5.97 Å². The predicted molar refractivity (Wildman–Crippen MR) is 52.6 cm³/mol.